The Morgan fingerprint density at radius 2 is 1.86 bits per heavy atom. The first-order valence-electron chi connectivity index (χ1n) is 3.44. The molecule has 0 aromatic heterocycles. The summed E-state index contributed by atoms with van der Waals surface area (Å²) in [5.41, 5.74) is -2.81. The maximum Gasteiger partial charge on any atom is 0.357 e. The Hall–Kier alpha value is -1.89. The second-order valence-electron chi connectivity index (χ2n) is 2.43. The molecular formula is C7H9NO6. The van der Waals surface area contributed by atoms with E-state index in [4.69, 9.17) is 10.2 Å². The van der Waals surface area contributed by atoms with Gasteiger partial charge in [-0.3, -0.25) is 9.59 Å². The van der Waals surface area contributed by atoms with Gasteiger partial charge in [0.15, 0.2) is 0 Å². The molecule has 0 rings (SSSR count). The minimum atomic E-state index is -2.81. The van der Waals surface area contributed by atoms with E-state index in [9.17, 15) is 19.5 Å². The van der Waals surface area contributed by atoms with E-state index in [-0.39, 0.29) is 0 Å². The lowest BCUT2D eigenvalue weighted by atomic mass is 10.1. The fourth-order valence-electron chi connectivity index (χ4n) is 0.647. The van der Waals surface area contributed by atoms with E-state index in [1.807, 2.05) is 0 Å². The molecule has 0 aliphatic rings. The molecule has 0 bridgehead atoms. The summed E-state index contributed by atoms with van der Waals surface area (Å²) in [4.78, 5) is 31.3. The smallest absolute Gasteiger partial charge is 0.357 e. The standard InChI is InChI=1S/C7H9NO6/c1-2-4(9)8-7(14,6(12)13)3-5(10)11/h2,14H,1,3H2,(H,8,9)(H,10,11)(H,12,13). The molecule has 1 atom stereocenters. The third kappa shape index (κ3) is 3.23. The number of amides is 1. The number of hydrogen-bond donors (Lipinski definition) is 4. The fraction of sp³-hybridized carbons (Fsp3) is 0.286. The van der Waals surface area contributed by atoms with E-state index < -0.39 is 30.0 Å². The van der Waals surface area contributed by atoms with Crippen LogP contribution in [-0.4, -0.2) is 38.9 Å². The molecule has 7 heteroatoms. The zero-order valence-electron chi connectivity index (χ0n) is 7.06. The number of carbonyl (C=O) groups is 3. The molecule has 1 amide bonds. The molecule has 0 fully saturated rings. The summed E-state index contributed by atoms with van der Waals surface area (Å²) < 4.78 is 0. The van der Waals surface area contributed by atoms with E-state index in [0.29, 0.717) is 0 Å². The van der Waals surface area contributed by atoms with Gasteiger partial charge in [-0.05, 0) is 6.08 Å². The summed E-state index contributed by atoms with van der Waals surface area (Å²) in [6, 6.07) is 0. The Morgan fingerprint density at radius 1 is 1.36 bits per heavy atom. The van der Waals surface area contributed by atoms with Crippen LogP contribution >= 0.6 is 0 Å². The molecule has 14 heavy (non-hydrogen) atoms. The lowest BCUT2D eigenvalue weighted by Gasteiger charge is -2.21. The van der Waals surface area contributed by atoms with Crippen molar-refractivity contribution in [3.8, 4) is 0 Å². The Balaban J connectivity index is 4.71. The predicted molar refractivity (Wildman–Crippen MR) is 43.2 cm³/mol. The lowest BCUT2D eigenvalue weighted by Crippen LogP contribution is -2.55. The van der Waals surface area contributed by atoms with Crippen molar-refractivity contribution < 1.29 is 29.7 Å². The minimum absolute atomic E-state index is 0.718. The maximum absolute atomic E-state index is 10.7. The van der Waals surface area contributed by atoms with E-state index >= 15 is 0 Å². The normalized spacial score (nSPS) is 13.8. The van der Waals surface area contributed by atoms with Gasteiger partial charge in [0, 0.05) is 0 Å². The van der Waals surface area contributed by atoms with Gasteiger partial charge < -0.3 is 20.6 Å². The first-order valence-corrected chi connectivity index (χ1v) is 3.44. The Bertz CT molecular complexity index is 286. The number of aliphatic hydroxyl groups is 1. The third-order valence-electron chi connectivity index (χ3n) is 1.28. The molecule has 0 spiro atoms. The molecule has 0 saturated heterocycles. The van der Waals surface area contributed by atoms with Gasteiger partial charge in [0.1, 0.15) is 6.42 Å². The summed E-state index contributed by atoms with van der Waals surface area (Å²) in [5.74, 6) is -4.38. The van der Waals surface area contributed by atoms with Gasteiger partial charge in [0.2, 0.25) is 11.6 Å². The Kier molecular flexibility index (Phi) is 3.78. The second-order valence-corrected chi connectivity index (χ2v) is 2.43. The third-order valence-corrected chi connectivity index (χ3v) is 1.28. The average Bonchev–Trinajstić information content (AvgIpc) is 2.02. The van der Waals surface area contributed by atoms with Crippen molar-refractivity contribution in [3.63, 3.8) is 0 Å². The highest BCUT2D eigenvalue weighted by molar-refractivity contribution is 5.93. The molecule has 0 aromatic rings. The topological polar surface area (TPSA) is 124 Å². The van der Waals surface area contributed by atoms with E-state index in [2.05, 4.69) is 6.58 Å². The van der Waals surface area contributed by atoms with Crippen molar-refractivity contribution in [1.82, 2.24) is 5.32 Å². The number of carboxylic acids is 2. The average molecular weight is 203 g/mol. The molecule has 7 nitrogen and oxygen atoms in total. The first kappa shape index (κ1) is 12.1. The number of carboxylic acid groups (broad SMARTS) is 2. The number of aliphatic carboxylic acids is 2. The molecule has 0 aromatic carbocycles. The number of rotatable bonds is 5. The molecule has 0 aliphatic heterocycles. The first-order chi connectivity index (χ1) is 6.31. The highest BCUT2D eigenvalue weighted by Gasteiger charge is 2.39. The molecular weight excluding hydrogens is 194 g/mol. The van der Waals surface area contributed by atoms with Gasteiger partial charge in [-0.1, -0.05) is 6.58 Å². The summed E-state index contributed by atoms with van der Waals surface area (Å²) >= 11 is 0. The van der Waals surface area contributed by atoms with Crippen LogP contribution in [0.1, 0.15) is 6.42 Å². The number of carbonyl (C=O) groups excluding carboxylic acids is 1. The van der Waals surface area contributed by atoms with Crippen molar-refractivity contribution in [3.05, 3.63) is 12.7 Å². The van der Waals surface area contributed by atoms with Crippen LogP contribution in [0, 0.1) is 0 Å². The Morgan fingerprint density at radius 3 is 2.14 bits per heavy atom. The largest absolute Gasteiger partial charge is 0.481 e. The predicted octanol–water partition coefficient (Wildman–Crippen LogP) is -1.46. The van der Waals surface area contributed by atoms with Crippen molar-refractivity contribution in [2.75, 3.05) is 0 Å². The van der Waals surface area contributed by atoms with Crippen molar-refractivity contribution >= 4 is 17.8 Å². The fourth-order valence-corrected chi connectivity index (χ4v) is 0.647. The lowest BCUT2D eigenvalue weighted by molar-refractivity contribution is -0.170. The zero-order chi connectivity index (χ0) is 11.4. The molecule has 0 aliphatic carbocycles. The van der Waals surface area contributed by atoms with Gasteiger partial charge in [-0.2, -0.15) is 0 Å². The Labute approximate surface area is 78.7 Å². The number of nitrogens with one attached hydrogen (secondary N) is 1. The summed E-state index contributed by atoms with van der Waals surface area (Å²) in [6.07, 6.45) is -0.419. The molecule has 0 heterocycles. The van der Waals surface area contributed by atoms with Gasteiger partial charge in [-0.15, -0.1) is 0 Å². The van der Waals surface area contributed by atoms with Crippen LogP contribution in [0.3, 0.4) is 0 Å². The van der Waals surface area contributed by atoms with Gasteiger partial charge >= 0.3 is 11.9 Å². The van der Waals surface area contributed by atoms with Crippen LogP contribution in [-0.2, 0) is 14.4 Å². The monoisotopic (exact) mass is 203 g/mol. The van der Waals surface area contributed by atoms with E-state index in [1.165, 1.54) is 0 Å². The van der Waals surface area contributed by atoms with E-state index in [0.717, 1.165) is 6.08 Å². The highest BCUT2D eigenvalue weighted by atomic mass is 16.4. The van der Waals surface area contributed by atoms with Crippen molar-refractivity contribution in [1.29, 1.82) is 0 Å². The maximum atomic E-state index is 10.7. The molecule has 1 unspecified atom stereocenters. The van der Waals surface area contributed by atoms with Gasteiger partial charge in [0.05, 0.1) is 0 Å². The SMILES string of the molecule is C=CC(=O)NC(O)(CC(=O)O)C(=O)O. The van der Waals surface area contributed by atoms with Crippen LogP contribution in [0.25, 0.3) is 0 Å². The second kappa shape index (κ2) is 4.38. The van der Waals surface area contributed by atoms with Gasteiger partial charge in [0.25, 0.3) is 0 Å². The summed E-state index contributed by atoms with van der Waals surface area (Å²) in [6.45, 7) is 3.02. The van der Waals surface area contributed by atoms with Crippen LogP contribution in [0.2, 0.25) is 0 Å². The molecule has 78 valence electrons. The van der Waals surface area contributed by atoms with Crippen molar-refractivity contribution in [2.45, 2.75) is 12.1 Å². The quantitative estimate of drug-likeness (QED) is 0.319. The zero-order valence-corrected chi connectivity index (χ0v) is 7.06. The summed E-state index contributed by atoms with van der Waals surface area (Å²) in [7, 11) is 0. The summed E-state index contributed by atoms with van der Waals surface area (Å²) in [5, 5.41) is 27.5. The van der Waals surface area contributed by atoms with Crippen LogP contribution in [0.5, 0.6) is 0 Å². The molecule has 4 N–H and O–H groups in total. The minimum Gasteiger partial charge on any atom is -0.481 e. The van der Waals surface area contributed by atoms with Crippen molar-refractivity contribution in [2.24, 2.45) is 0 Å². The van der Waals surface area contributed by atoms with Crippen LogP contribution < -0.4 is 5.32 Å². The molecule has 0 radical (unpaired) electrons. The van der Waals surface area contributed by atoms with Crippen LogP contribution in [0.4, 0.5) is 0 Å². The van der Waals surface area contributed by atoms with Gasteiger partial charge in [-0.25, -0.2) is 4.79 Å². The van der Waals surface area contributed by atoms with E-state index in [1.54, 1.807) is 5.32 Å². The molecule has 0 saturated carbocycles. The van der Waals surface area contributed by atoms with Crippen LogP contribution in [0.15, 0.2) is 12.7 Å². The highest BCUT2D eigenvalue weighted by Crippen LogP contribution is 2.06. The number of hydrogen-bond acceptors (Lipinski definition) is 4.